The molecule has 0 amide bonds. The molecular weight excluding hydrogens is 344 g/mol. The molecule has 0 N–H and O–H groups in total. The molecule has 1 unspecified atom stereocenters. The Bertz CT molecular complexity index is 977. The van der Waals surface area contributed by atoms with Gasteiger partial charge in [0.25, 0.3) is 0 Å². The van der Waals surface area contributed by atoms with Gasteiger partial charge >= 0.3 is 5.97 Å². The number of nitrogens with zero attached hydrogens (tertiary/aromatic N) is 5. The maximum atomic E-state index is 14.3. The second kappa shape index (κ2) is 6.32. The van der Waals surface area contributed by atoms with E-state index in [0.717, 1.165) is 6.07 Å². The van der Waals surface area contributed by atoms with Crippen molar-refractivity contribution in [3.63, 3.8) is 0 Å². The van der Waals surface area contributed by atoms with Gasteiger partial charge in [-0.15, -0.1) is 15.3 Å². The Morgan fingerprint density at radius 2 is 2.08 bits per heavy atom. The summed E-state index contributed by atoms with van der Waals surface area (Å²) < 4.78 is 33.9. The van der Waals surface area contributed by atoms with Crippen molar-refractivity contribution < 1.29 is 18.3 Å². The van der Waals surface area contributed by atoms with E-state index in [-0.39, 0.29) is 5.56 Å². The Balaban J connectivity index is 1.69. The van der Waals surface area contributed by atoms with Crippen LogP contribution in [0.3, 0.4) is 0 Å². The smallest absolute Gasteiger partial charge is 0.311 e. The number of hydrogen-bond acceptors (Lipinski definition) is 6. The fourth-order valence-corrected chi connectivity index (χ4v) is 3.39. The van der Waals surface area contributed by atoms with Crippen molar-refractivity contribution in [2.24, 2.45) is 5.92 Å². The number of fused-ring (bicyclic) bond motifs is 1. The summed E-state index contributed by atoms with van der Waals surface area (Å²) in [5.41, 5.74) is 0.883. The molecule has 3 aromatic rings. The second-order valence-electron chi connectivity index (χ2n) is 6.13. The first-order chi connectivity index (χ1) is 12.6. The van der Waals surface area contributed by atoms with Crippen LogP contribution in [0.25, 0.3) is 5.65 Å². The minimum atomic E-state index is -0.673. The molecule has 0 radical (unpaired) electrons. The Morgan fingerprint density at radius 3 is 2.85 bits per heavy atom. The van der Waals surface area contributed by atoms with Crippen molar-refractivity contribution in [3.05, 3.63) is 53.9 Å². The molecule has 7 nitrogen and oxygen atoms in total. The van der Waals surface area contributed by atoms with E-state index in [2.05, 4.69) is 15.3 Å². The summed E-state index contributed by atoms with van der Waals surface area (Å²) >= 11 is 0. The van der Waals surface area contributed by atoms with Gasteiger partial charge < -0.3 is 9.64 Å². The number of benzene rings is 1. The highest BCUT2D eigenvalue weighted by Gasteiger charge is 2.41. The Hall–Kier alpha value is -3.10. The molecule has 1 aliphatic heterocycles. The first kappa shape index (κ1) is 16.4. The molecule has 134 valence electrons. The van der Waals surface area contributed by atoms with Crippen molar-refractivity contribution in [2.75, 3.05) is 25.1 Å². The third kappa shape index (κ3) is 2.75. The van der Waals surface area contributed by atoms with Crippen LogP contribution in [-0.2, 0) is 9.53 Å². The van der Waals surface area contributed by atoms with Crippen LogP contribution in [0.2, 0.25) is 0 Å². The zero-order valence-electron chi connectivity index (χ0n) is 13.8. The fraction of sp³-hybridized carbons (Fsp3) is 0.294. The zero-order valence-corrected chi connectivity index (χ0v) is 13.8. The maximum Gasteiger partial charge on any atom is 0.311 e. The first-order valence-corrected chi connectivity index (χ1v) is 8.01. The highest BCUT2D eigenvalue weighted by molar-refractivity contribution is 5.76. The van der Waals surface area contributed by atoms with Gasteiger partial charge in [-0.05, 0) is 23.8 Å². The molecule has 26 heavy (non-hydrogen) atoms. The zero-order chi connectivity index (χ0) is 18.3. The van der Waals surface area contributed by atoms with Crippen molar-refractivity contribution in [1.29, 1.82) is 0 Å². The molecule has 1 aromatic carbocycles. The van der Waals surface area contributed by atoms with E-state index in [0.29, 0.717) is 24.6 Å². The lowest BCUT2D eigenvalue weighted by Crippen LogP contribution is -2.25. The van der Waals surface area contributed by atoms with Crippen molar-refractivity contribution in [3.8, 4) is 0 Å². The summed E-state index contributed by atoms with van der Waals surface area (Å²) in [6.07, 6.45) is 1.48. The van der Waals surface area contributed by atoms with Gasteiger partial charge in [-0.3, -0.25) is 4.79 Å². The molecule has 1 fully saturated rings. The summed E-state index contributed by atoms with van der Waals surface area (Å²) in [5.74, 6) is -2.22. The van der Waals surface area contributed by atoms with Crippen molar-refractivity contribution in [2.45, 2.75) is 5.92 Å². The van der Waals surface area contributed by atoms with Gasteiger partial charge in [0.1, 0.15) is 23.8 Å². The van der Waals surface area contributed by atoms with Crippen LogP contribution in [0, 0.1) is 17.6 Å². The molecule has 0 bridgehead atoms. The lowest BCUT2D eigenvalue weighted by molar-refractivity contribution is -0.145. The standard InChI is InChI=1S/C17H15F2N5O2/c1-26-17(25)13-8-23(16-5-4-15-21-20-9-24(15)22-16)7-12(13)11-3-2-10(18)6-14(11)19/h2-6,9,12-13H,7-8H2,1H3/t12-,13?/m0/s1. The van der Waals surface area contributed by atoms with Crippen LogP contribution < -0.4 is 4.90 Å². The molecule has 0 saturated carbocycles. The topological polar surface area (TPSA) is 72.6 Å². The Morgan fingerprint density at radius 1 is 1.23 bits per heavy atom. The lowest BCUT2D eigenvalue weighted by atomic mass is 9.88. The average Bonchev–Trinajstić information content (AvgIpc) is 3.27. The molecule has 1 saturated heterocycles. The lowest BCUT2D eigenvalue weighted by Gasteiger charge is -2.17. The predicted molar refractivity (Wildman–Crippen MR) is 87.6 cm³/mol. The second-order valence-corrected chi connectivity index (χ2v) is 6.13. The molecule has 0 aliphatic carbocycles. The van der Waals surface area contributed by atoms with E-state index in [1.165, 1.54) is 30.1 Å². The minimum absolute atomic E-state index is 0.287. The van der Waals surface area contributed by atoms with E-state index in [4.69, 9.17) is 4.74 Å². The predicted octanol–water partition coefficient (Wildman–Crippen LogP) is 1.80. The van der Waals surface area contributed by atoms with Crippen LogP contribution in [0.4, 0.5) is 14.6 Å². The van der Waals surface area contributed by atoms with Gasteiger partial charge in [0, 0.05) is 25.1 Å². The van der Waals surface area contributed by atoms with Crippen LogP contribution in [0.15, 0.2) is 36.7 Å². The molecular formula is C17H15F2N5O2. The quantitative estimate of drug-likeness (QED) is 0.664. The number of anilines is 1. The minimum Gasteiger partial charge on any atom is -0.469 e. The number of esters is 1. The summed E-state index contributed by atoms with van der Waals surface area (Å²) in [5, 5.41) is 12.1. The normalized spacial score (nSPS) is 19.9. The highest BCUT2D eigenvalue weighted by Crippen LogP contribution is 2.36. The molecule has 2 aromatic heterocycles. The Kier molecular flexibility index (Phi) is 3.98. The van der Waals surface area contributed by atoms with Crippen LogP contribution in [-0.4, -0.2) is 46.0 Å². The molecule has 0 spiro atoms. The van der Waals surface area contributed by atoms with E-state index >= 15 is 0 Å². The third-order valence-corrected chi connectivity index (χ3v) is 4.66. The molecule has 4 rings (SSSR count). The van der Waals surface area contributed by atoms with Crippen LogP contribution in [0.5, 0.6) is 0 Å². The van der Waals surface area contributed by atoms with E-state index in [1.54, 1.807) is 12.1 Å². The summed E-state index contributed by atoms with van der Waals surface area (Å²) in [6.45, 7) is 0.664. The largest absolute Gasteiger partial charge is 0.469 e. The number of carbonyl (C=O) groups excluding carboxylic acids is 1. The van der Waals surface area contributed by atoms with E-state index in [9.17, 15) is 13.6 Å². The molecule has 2 atom stereocenters. The van der Waals surface area contributed by atoms with Crippen LogP contribution >= 0.6 is 0 Å². The number of rotatable bonds is 3. The Labute approximate surface area is 147 Å². The summed E-state index contributed by atoms with van der Waals surface area (Å²) in [6, 6.07) is 6.92. The summed E-state index contributed by atoms with van der Waals surface area (Å²) in [4.78, 5) is 14.1. The van der Waals surface area contributed by atoms with Gasteiger partial charge in [0.15, 0.2) is 5.65 Å². The maximum absolute atomic E-state index is 14.3. The van der Waals surface area contributed by atoms with Gasteiger partial charge in [0.2, 0.25) is 0 Å². The van der Waals surface area contributed by atoms with Gasteiger partial charge in [-0.25, -0.2) is 8.78 Å². The van der Waals surface area contributed by atoms with Crippen LogP contribution in [0.1, 0.15) is 11.5 Å². The molecule has 3 heterocycles. The highest BCUT2D eigenvalue weighted by atomic mass is 19.1. The van der Waals surface area contributed by atoms with Gasteiger partial charge in [0.05, 0.1) is 13.0 Å². The number of carbonyl (C=O) groups is 1. The van der Waals surface area contributed by atoms with Gasteiger partial charge in [-0.2, -0.15) is 4.52 Å². The summed E-state index contributed by atoms with van der Waals surface area (Å²) in [7, 11) is 1.30. The number of aromatic nitrogens is 4. The monoisotopic (exact) mass is 359 g/mol. The van der Waals surface area contributed by atoms with E-state index < -0.39 is 29.4 Å². The fourth-order valence-electron chi connectivity index (χ4n) is 3.39. The SMILES string of the molecule is COC(=O)C1CN(c2ccc3nncn3n2)C[C@H]1c1ccc(F)cc1F. The average molecular weight is 359 g/mol. The third-order valence-electron chi connectivity index (χ3n) is 4.66. The van der Waals surface area contributed by atoms with Crippen molar-refractivity contribution >= 4 is 17.4 Å². The number of hydrogen-bond donors (Lipinski definition) is 0. The first-order valence-electron chi connectivity index (χ1n) is 8.01. The van der Waals surface area contributed by atoms with Crippen molar-refractivity contribution in [1.82, 2.24) is 19.8 Å². The number of ether oxygens (including phenoxy) is 1. The number of halogens is 2. The molecule has 1 aliphatic rings. The number of methoxy groups -OCH3 is 1. The van der Waals surface area contributed by atoms with Gasteiger partial charge in [-0.1, -0.05) is 6.07 Å². The molecule has 9 heteroatoms. The van der Waals surface area contributed by atoms with E-state index in [1.807, 2.05) is 4.90 Å².